The minimum atomic E-state index is -2.01. The largest absolute Gasteiger partial charge is 0.497 e. The molecular weight excluding hydrogens is 735 g/mol. The molecule has 57 heavy (non-hydrogen) atoms. The molecule has 5 aromatic rings. The van der Waals surface area contributed by atoms with E-state index in [9.17, 15) is 0 Å². The summed E-state index contributed by atoms with van der Waals surface area (Å²) in [6.07, 6.45) is 5.75. The Morgan fingerprint density at radius 2 is 1.40 bits per heavy atom. The van der Waals surface area contributed by atoms with Crippen LogP contribution in [0.4, 0.5) is 0 Å². The average Bonchev–Trinajstić information content (AvgIpc) is 3.87. The Morgan fingerprint density at radius 3 is 2.04 bits per heavy atom. The lowest BCUT2D eigenvalue weighted by molar-refractivity contribution is -0.199. The summed E-state index contributed by atoms with van der Waals surface area (Å²) in [6.45, 7) is 16.7. The number of aryl methyl sites for hydroxylation is 1. The van der Waals surface area contributed by atoms with Crippen LogP contribution >= 0.6 is 0 Å². The number of unbranched alkanes of at least 4 members (excludes halogenated alkanes) is 3. The Hall–Kier alpha value is -4.17. The van der Waals surface area contributed by atoms with Crippen LogP contribution in [0.25, 0.3) is 11.2 Å². The van der Waals surface area contributed by atoms with Crippen LogP contribution < -0.4 is 10.2 Å². The van der Waals surface area contributed by atoms with Crippen molar-refractivity contribution in [2.45, 2.75) is 121 Å². The van der Waals surface area contributed by atoms with Gasteiger partial charge in [-0.3, -0.25) is 9.98 Å². The van der Waals surface area contributed by atoms with Crippen LogP contribution in [0.15, 0.2) is 97.6 Å². The maximum atomic E-state index is 9.06. The zero-order valence-corrected chi connectivity index (χ0v) is 35.7. The molecule has 2 aliphatic rings. The quantitative estimate of drug-likeness (QED) is 0.0600. The van der Waals surface area contributed by atoms with E-state index in [-0.39, 0.29) is 23.4 Å². The van der Waals surface area contributed by atoms with Crippen molar-refractivity contribution in [3.8, 4) is 5.75 Å². The summed E-state index contributed by atoms with van der Waals surface area (Å²) in [5.41, 5.74) is 3.88. The van der Waals surface area contributed by atoms with Gasteiger partial charge >= 0.3 is 0 Å². The zero-order chi connectivity index (χ0) is 40.4. The van der Waals surface area contributed by atoms with E-state index >= 15 is 0 Å². The number of rotatable bonds is 16. The van der Waals surface area contributed by atoms with Crippen molar-refractivity contribution >= 4 is 19.5 Å². The second-order valence-corrected chi connectivity index (χ2v) is 22.0. The topological polar surface area (TPSA) is 115 Å². The van der Waals surface area contributed by atoms with Gasteiger partial charge in [-0.05, 0) is 73.6 Å². The van der Waals surface area contributed by atoms with Gasteiger partial charge in [-0.1, -0.05) is 106 Å². The Bertz CT molecular complexity index is 2110. The number of methoxy groups -OCH3 is 1. The Labute approximate surface area is 337 Å². The van der Waals surface area contributed by atoms with Gasteiger partial charge in [0.1, 0.15) is 35.2 Å². The first-order valence-electron chi connectivity index (χ1n) is 20.3. The van der Waals surface area contributed by atoms with Gasteiger partial charge in [0.05, 0.1) is 26.4 Å². The first kappa shape index (κ1) is 41.0. The normalized spacial score (nSPS) is 20.9. The van der Waals surface area contributed by atoms with Gasteiger partial charge in [0.15, 0.2) is 31.5 Å². The lowest BCUT2D eigenvalue weighted by Crippen LogP contribution is -2.44. The monoisotopic (exact) mass is 793 g/mol. The highest BCUT2D eigenvalue weighted by Gasteiger charge is 2.56. The standard InChI is InChI=1S/C45H59N5O6Si/c1-43(2,3)57(7,8)53-29-36-38-39(56-44(4,5)55-38)42(54-36)50-31-47-37-40(46)49(30-48-41(37)50)27-17-9-10-18-28-52-45(32-19-13-11-14-20-32,33-21-15-12-16-22-33)34-23-25-35(51-6)26-24-34/h11-16,19-26,30-31,36,38-39,42,46H,9-10,17-18,27-29H2,1-8H3/t36-,38-,39-,42-/m1/s1. The molecule has 4 heterocycles. The van der Waals surface area contributed by atoms with Gasteiger partial charge in [0, 0.05) is 13.2 Å². The van der Waals surface area contributed by atoms with E-state index < -0.39 is 25.9 Å². The molecule has 1 N–H and O–H groups in total. The molecule has 12 heteroatoms. The van der Waals surface area contributed by atoms with Crippen LogP contribution in [0.5, 0.6) is 5.75 Å². The van der Waals surface area contributed by atoms with Gasteiger partial charge in [-0.2, -0.15) is 0 Å². The van der Waals surface area contributed by atoms with Gasteiger partial charge in [0.25, 0.3) is 0 Å². The minimum Gasteiger partial charge on any atom is -0.497 e. The van der Waals surface area contributed by atoms with E-state index in [0.717, 1.165) is 48.1 Å². The van der Waals surface area contributed by atoms with Crippen molar-refractivity contribution in [3.63, 3.8) is 0 Å². The number of ether oxygens (including phenoxy) is 5. The fourth-order valence-electron chi connectivity index (χ4n) is 7.73. The molecule has 4 atom stereocenters. The Morgan fingerprint density at radius 1 is 0.789 bits per heavy atom. The predicted molar refractivity (Wildman–Crippen MR) is 222 cm³/mol. The molecule has 2 saturated heterocycles. The van der Waals surface area contributed by atoms with Gasteiger partial charge in [-0.15, -0.1) is 0 Å². The Kier molecular flexibility index (Phi) is 11.9. The lowest BCUT2D eigenvalue weighted by atomic mass is 9.80. The number of benzene rings is 3. The second-order valence-electron chi connectivity index (χ2n) is 17.2. The molecule has 7 rings (SSSR count). The number of hydrogen-bond acceptors (Lipinski definition) is 9. The fourth-order valence-corrected chi connectivity index (χ4v) is 8.75. The minimum absolute atomic E-state index is 0.0754. The second kappa shape index (κ2) is 16.6. The van der Waals surface area contributed by atoms with Crippen LogP contribution in [0.3, 0.4) is 0 Å². The van der Waals surface area contributed by atoms with Crippen LogP contribution in [-0.2, 0) is 35.5 Å². The molecule has 0 radical (unpaired) electrons. The number of hydrogen-bond donors (Lipinski definition) is 1. The van der Waals surface area contributed by atoms with Crippen LogP contribution in [-0.4, -0.2) is 71.8 Å². The smallest absolute Gasteiger partial charge is 0.192 e. The van der Waals surface area contributed by atoms with E-state index in [1.807, 2.05) is 47.2 Å². The highest BCUT2D eigenvalue weighted by molar-refractivity contribution is 6.74. The molecule has 2 aromatic heterocycles. The summed E-state index contributed by atoms with van der Waals surface area (Å²) in [5.74, 6) is 0.0517. The van der Waals surface area contributed by atoms with Gasteiger partial charge in [0.2, 0.25) is 0 Å². The third-order valence-corrected chi connectivity index (χ3v) is 16.4. The van der Waals surface area contributed by atoms with Crippen molar-refractivity contribution in [3.05, 3.63) is 120 Å². The molecule has 11 nitrogen and oxygen atoms in total. The molecule has 304 valence electrons. The van der Waals surface area contributed by atoms with E-state index in [2.05, 4.69) is 99.5 Å². The molecule has 0 amide bonds. The fraction of sp³-hybridized carbons (Fsp3) is 0.489. The maximum absolute atomic E-state index is 9.06. The van der Waals surface area contributed by atoms with Crippen LogP contribution in [0.2, 0.25) is 18.1 Å². The summed E-state index contributed by atoms with van der Waals surface area (Å²) in [4.78, 5) is 9.47. The van der Waals surface area contributed by atoms with Crippen molar-refractivity contribution in [1.29, 1.82) is 5.41 Å². The summed E-state index contributed by atoms with van der Waals surface area (Å²) < 4.78 is 42.2. The van der Waals surface area contributed by atoms with Crippen LogP contribution in [0.1, 0.15) is 83.2 Å². The van der Waals surface area contributed by atoms with Gasteiger partial charge in [-0.25, -0.2) is 9.97 Å². The summed E-state index contributed by atoms with van der Waals surface area (Å²) in [5, 5.41) is 9.13. The molecule has 2 aliphatic heterocycles. The molecule has 3 aromatic carbocycles. The number of nitrogens with one attached hydrogen (secondary N) is 1. The maximum Gasteiger partial charge on any atom is 0.192 e. The van der Waals surface area contributed by atoms with Crippen molar-refractivity contribution < 1.29 is 28.1 Å². The number of fused-ring (bicyclic) bond motifs is 2. The molecular formula is C45H59N5O6Si. The molecule has 0 aliphatic carbocycles. The first-order chi connectivity index (χ1) is 27.2. The number of imidazole rings is 1. The average molecular weight is 794 g/mol. The number of aromatic nitrogens is 4. The summed E-state index contributed by atoms with van der Waals surface area (Å²) in [7, 11) is -0.329. The highest BCUT2D eigenvalue weighted by Crippen LogP contribution is 2.45. The lowest BCUT2D eigenvalue weighted by Gasteiger charge is -2.37. The third-order valence-electron chi connectivity index (χ3n) is 11.9. The van der Waals surface area contributed by atoms with Crippen molar-refractivity contribution in [2.75, 3.05) is 20.3 Å². The SMILES string of the molecule is COc1ccc(C(OCCCCCCn2cnc3c(ncn3[C@@H]3O[C@H](CO[Si](C)(C)C(C)(C)C)[C@H]4OC(C)(C)O[C@H]43)c2=N)(c2ccccc2)c2ccccc2)cc1. The van der Waals surface area contributed by atoms with Crippen molar-refractivity contribution in [1.82, 2.24) is 19.1 Å². The van der Waals surface area contributed by atoms with E-state index in [1.54, 1.807) is 19.8 Å². The van der Waals surface area contributed by atoms with E-state index in [4.69, 9.17) is 38.5 Å². The van der Waals surface area contributed by atoms with Crippen LogP contribution in [0, 0.1) is 5.41 Å². The first-order valence-corrected chi connectivity index (χ1v) is 23.2. The molecule has 0 bridgehead atoms. The zero-order valence-electron chi connectivity index (χ0n) is 34.7. The Balaban J connectivity index is 0.989. The highest BCUT2D eigenvalue weighted by atomic mass is 28.4. The number of nitrogens with zero attached hydrogens (tertiary/aromatic N) is 4. The van der Waals surface area contributed by atoms with E-state index in [0.29, 0.717) is 36.4 Å². The molecule has 0 unspecified atom stereocenters. The summed E-state index contributed by atoms with van der Waals surface area (Å²) in [6, 6.07) is 29.1. The third kappa shape index (κ3) is 8.39. The molecule has 0 saturated carbocycles. The summed E-state index contributed by atoms with van der Waals surface area (Å²) >= 11 is 0. The van der Waals surface area contributed by atoms with Crippen molar-refractivity contribution in [2.24, 2.45) is 0 Å². The molecule has 2 fully saturated rings. The predicted octanol–water partition coefficient (Wildman–Crippen LogP) is 8.73. The molecule has 0 spiro atoms. The van der Waals surface area contributed by atoms with Gasteiger partial charge < -0.3 is 32.7 Å². The van der Waals surface area contributed by atoms with E-state index in [1.165, 1.54) is 0 Å².